The van der Waals surface area contributed by atoms with Crippen molar-refractivity contribution in [2.24, 2.45) is 0 Å². The van der Waals surface area contributed by atoms with Crippen LogP contribution in [0.15, 0.2) is 71.5 Å². The number of hydrogen-bond acceptors (Lipinski definition) is 3. The van der Waals surface area contributed by atoms with Gasteiger partial charge in [-0.1, -0.05) is 57.9 Å². The molecule has 0 bridgehead atoms. The van der Waals surface area contributed by atoms with Gasteiger partial charge in [0.25, 0.3) is 0 Å². The standard InChI is InChI=1S/C22H21BrClN3O/c1-15-8-9-20(19(24)13-15)27-21(17-6-2-3-7-18(17)23)22(28)26-12-10-16-5-4-11-25-14-16/h2-9,11,13-14,21,27H,10,12H2,1H3,(H,26,28). The van der Waals surface area contributed by atoms with E-state index in [0.29, 0.717) is 18.0 Å². The highest BCUT2D eigenvalue weighted by Gasteiger charge is 2.23. The van der Waals surface area contributed by atoms with Crippen LogP contribution in [0.4, 0.5) is 5.69 Å². The fourth-order valence-electron chi connectivity index (χ4n) is 2.86. The average Bonchev–Trinajstić information content (AvgIpc) is 2.69. The van der Waals surface area contributed by atoms with Gasteiger partial charge in [0.2, 0.25) is 5.91 Å². The van der Waals surface area contributed by atoms with Gasteiger partial charge in [-0.3, -0.25) is 9.78 Å². The van der Waals surface area contributed by atoms with E-state index in [-0.39, 0.29) is 5.91 Å². The maximum absolute atomic E-state index is 13.0. The molecule has 0 saturated carbocycles. The van der Waals surface area contributed by atoms with Gasteiger partial charge in [0.05, 0.1) is 10.7 Å². The molecule has 1 atom stereocenters. The molecule has 3 aromatic rings. The highest BCUT2D eigenvalue weighted by molar-refractivity contribution is 9.10. The Kier molecular flexibility index (Phi) is 7.06. The number of carbonyl (C=O) groups excluding carboxylic acids is 1. The fraction of sp³-hybridized carbons (Fsp3) is 0.182. The summed E-state index contributed by atoms with van der Waals surface area (Å²) in [5, 5.41) is 6.89. The molecule has 0 saturated heterocycles. The van der Waals surface area contributed by atoms with Crippen molar-refractivity contribution in [3.8, 4) is 0 Å². The number of amides is 1. The molecule has 1 unspecified atom stereocenters. The summed E-state index contributed by atoms with van der Waals surface area (Å²) in [6, 6.07) is 16.7. The maximum Gasteiger partial charge on any atom is 0.247 e. The van der Waals surface area contributed by atoms with E-state index >= 15 is 0 Å². The van der Waals surface area contributed by atoms with E-state index in [1.807, 2.05) is 67.7 Å². The lowest BCUT2D eigenvalue weighted by atomic mass is 10.1. The number of nitrogens with zero attached hydrogens (tertiary/aromatic N) is 1. The van der Waals surface area contributed by atoms with E-state index in [1.165, 1.54) is 0 Å². The van der Waals surface area contributed by atoms with Crippen LogP contribution in [0, 0.1) is 6.92 Å². The largest absolute Gasteiger partial charge is 0.369 e. The van der Waals surface area contributed by atoms with Gasteiger partial charge in [-0.2, -0.15) is 0 Å². The molecular formula is C22H21BrClN3O. The number of aryl methyl sites for hydroxylation is 1. The molecule has 0 aliphatic rings. The molecule has 0 radical (unpaired) electrons. The lowest BCUT2D eigenvalue weighted by Crippen LogP contribution is -2.35. The minimum Gasteiger partial charge on any atom is -0.369 e. The Morgan fingerprint density at radius 3 is 2.71 bits per heavy atom. The lowest BCUT2D eigenvalue weighted by molar-refractivity contribution is -0.121. The zero-order valence-electron chi connectivity index (χ0n) is 15.5. The molecule has 2 N–H and O–H groups in total. The van der Waals surface area contributed by atoms with E-state index in [1.54, 1.807) is 6.20 Å². The van der Waals surface area contributed by atoms with E-state index < -0.39 is 6.04 Å². The zero-order chi connectivity index (χ0) is 19.9. The van der Waals surface area contributed by atoms with E-state index in [9.17, 15) is 4.79 Å². The Balaban J connectivity index is 1.77. The Bertz CT molecular complexity index is 950. The predicted molar refractivity (Wildman–Crippen MR) is 118 cm³/mol. The van der Waals surface area contributed by atoms with Crippen LogP contribution >= 0.6 is 27.5 Å². The first-order chi connectivity index (χ1) is 13.5. The number of pyridine rings is 1. The summed E-state index contributed by atoms with van der Waals surface area (Å²) < 4.78 is 0.859. The van der Waals surface area contributed by atoms with Crippen molar-refractivity contribution < 1.29 is 4.79 Å². The first-order valence-electron chi connectivity index (χ1n) is 8.98. The SMILES string of the molecule is Cc1ccc(NC(C(=O)NCCc2cccnc2)c2ccccc2Br)c(Cl)c1. The van der Waals surface area contributed by atoms with Crippen molar-refractivity contribution in [1.29, 1.82) is 0 Å². The number of nitrogens with one attached hydrogen (secondary N) is 2. The van der Waals surface area contributed by atoms with Gasteiger partial charge in [0, 0.05) is 23.4 Å². The second kappa shape index (κ2) is 9.71. The minimum atomic E-state index is -0.579. The van der Waals surface area contributed by atoms with Crippen LogP contribution in [-0.4, -0.2) is 17.4 Å². The molecule has 3 rings (SSSR count). The molecule has 0 aliphatic carbocycles. The topological polar surface area (TPSA) is 54.0 Å². The van der Waals surface area contributed by atoms with Gasteiger partial charge in [0.15, 0.2) is 0 Å². The third-order valence-corrected chi connectivity index (χ3v) is 5.37. The summed E-state index contributed by atoms with van der Waals surface area (Å²) in [5.41, 5.74) is 3.71. The van der Waals surface area contributed by atoms with E-state index in [4.69, 9.17) is 11.6 Å². The molecule has 4 nitrogen and oxygen atoms in total. The van der Waals surface area contributed by atoms with Gasteiger partial charge in [0.1, 0.15) is 6.04 Å². The Morgan fingerprint density at radius 2 is 2.00 bits per heavy atom. The molecule has 1 heterocycles. The number of aromatic nitrogens is 1. The molecule has 0 fully saturated rings. The monoisotopic (exact) mass is 457 g/mol. The van der Waals surface area contributed by atoms with Crippen molar-refractivity contribution in [3.05, 3.63) is 93.2 Å². The normalized spacial score (nSPS) is 11.7. The average molecular weight is 459 g/mol. The van der Waals surface area contributed by atoms with Crippen LogP contribution in [-0.2, 0) is 11.2 Å². The van der Waals surface area contributed by atoms with Gasteiger partial charge in [-0.25, -0.2) is 0 Å². The molecule has 28 heavy (non-hydrogen) atoms. The summed E-state index contributed by atoms with van der Waals surface area (Å²) in [7, 11) is 0. The van der Waals surface area contributed by atoms with Crippen LogP contribution in [0.5, 0.6) is 0 Å². The zero-order valence-corrected chi connectivity index (χ0v) is 17.8. The summed E-state index contributed by atoms with van der Waals surface area (Å²) in [4.78, 5) is 17.1. The van der Waals surface area contributed by atoms with Crippen LogP contribution in [0.1, 0.15) is 22.7 Å². The third kappa shape index (κ3) is 5.33. The predicted octanol–water partition coefficient (Wildman–Crippen LogP) is 5.32. The van der Waals surface area contributed by atoms with Crippen LogP contribution in [0.2, 0.25) is 5.02 Å². The quantitative estimate of drug-likeness (QED) is 0.504. The van der Waals surface area contributed by atoms with Gasteiger partial charge < -0.3 is 10.6 Å². The molecule has 2 aromatic carbocycles. The Morgan fingerprint density at radius 1 is 1.18 bits per heavy atom. The highest BCUT2D eigenvalue weighted by atomic mass is 79.9. The lowest BCUT2D eigenvalue weighted by Gasteiger charge is -2.22. The van der Waals surface area contributed by atoms with Crippen molar-refractivity contribution >= 4 is 39.1 Å². The third-order valence-electron chi connectivity index (χ3n) is 4.34. The first kappa shape index (κ1) is 20.4. The number of benzene rings is 2. The van der Waals surface area contributed by atoms with Crippen LogP contribution < -0.4 is 10.6 Å². The Labute approximate surface area is 178 Å². The van der Waals surface area contributed by atoms with Crippen molar-refractivity contribution in [1.82, 2.24) is 10.3 Å². The molecule has 0 aliphatic heterocycles. The number of carbonyl (C=O) groups is 1. The molecule has 6 heteroatoms. The van der Waals surface area contributed by atoms with Gasteiger partial charge in [-0.15, -0.1) is 0 Å². The molecule has 1 amide bonds. The minimum absolute atomic E-state index is 0.118. The smallest absolute Gasteiger partial charge is 0.247 e. The van der Waals surface area contributed by atoms with Crippen molar-refractivity contribution in [2.75, 3.05) is 11.9 Å². The summed E-state index contributed by atoms with van der Waals surface area (Å²) >= 11 is 9.93. The number of anilines is 1. The first-order valence-corrected chi connectivity index (χ1v) is 10.2. The molecule has 144 valence electrons. The molecule has 0 spiro atoms. The van der Waals surface area contributed by atoms with Gasteiger partial charge >= 0.3 is 0 Å². The number of hydrogen-bond donors (Lipinski definition) is 2. The maximum atomic E-state index is 13.0. The second-order valence-electron chi connectivity index (χ2n) is 6.48. The van der Waals surface area contributed by atoms with E-state index in [2.05, 4.69) is 31.5 Å². The molecule has 1 aromatic heterocycles. The summed E-state index contributed by atoms with van der Waals surface area (Å²) in [5.74, 6) is -0.118. The van der Waals surface area contributed by atoms with Crippen LogP contribution in [0.3, 0.4) is 0 Å². The fourth-order valence-corrected chi connectivity index (χ4v) is 3.67. The second-order valence-corrected chi connectivity index (χ2v) is 7.75. The van der Waals surface area contributed by atoms with Crippen LogP contribution in [0.25, 0.3) is 0 Å². The van der Waals surface area contributed by atoms with Crippen molar-refractivity contribution in [3.63, 3.8) is 0 Å². The van der Waals surface area contributed by atoms with Gasteiger partial charge in [-0.05, 0) is 54.3 Å². The highest BCUT2D eigenvalue weighted by Crippen LogP contribution is 2.30. The van der Waals surface area contributed by atoms with E-state index in [0.717, 1.165) is 26.9 Å². The number of rotatable bonds is 7. The summed E-state index contributed by atoms with van der Waals surface area (Å²) in [6.45, 7) is 2.50. The van der Waals surface area contributed by atoms with Crippen molar-refractivity contribution in [2.45, 2.75) is 19.4 Å². The molecular weight excluding hydrogens is 438 g/mol. The summed E-state index contributed by atoms with van der Waals surface area (Å²) in [6.07, 6.45) is 4.26. The number of halogens is 2. The Hall–Kier alpha value is -2.37.